The Labute approximate surface area is 95.5 Å². The second-order valence-electron chi connectivity index (χ2n) is 4.30. The first-order valence-corrected chi connectivity index (χ1v) is 5.65. The van der Waals surface area contributed by atoms with Crippen molar-refractivity contribution in [3.63, 3.8) is 0 Å². The normalized spacial score (nSPS) is 17.5. The van der Waals surface area contributed by atoms with Gasteiger partial charge in [0.05, 0.1) is 0 Å². The number of nitrogens with zero attached hydrogens (tertiary/aromatic N) is 2. The molecule has 0 atom stereocenters. The highest BCUT2D eigenvalue weighted by atomic mass is 16.2. The van der Waals surface area contributed by atoms with Crippen molar-refractivity contribution in [1.29, 1.82) is 0 Å². The molecule has 0 bridgehead atoms. The van der Waals surface area contributed by atoms with Crippen molar-refractivity contribution in [1.82, 2.24) is 9.88 Å². The summed E-state index contributed by atoms with van der Waals surface area (Å²) in [5, 5.41) is 0. The first-order chi connectivity index (χ1) is 7.68. The van der Waals surface area contributed by atoms with Crippen LogP contribution in [0.25, 0.3) is 0 Å². The molecule has 1 aromatic heterocycles. The highest BCUT2D eigenvalue weighted by Crippen LogP contribution is 2.13. The van der Waals surface area contributed by atoms with Gasteiger partial charge in [-0.25, -0.2) is 0 Å². The summed E-state index contributed by atoms with van der Waals surface area (Å²) in [6, 6.07) is 4.00. The Morgan fingerprint density at radius 2 is 2.19 bits per heavy atom. The largest absolute Gasteiger partial charge is 0.337 e. The summed E-state index contributed by atoms with van der Waals surface area (Å²) in [7, 11) is 0. The maximum absolute atomic E-state index is 12.1. The molecular formula is C12H17N3O. The zero-order valence-corrected chi connectivity index (χ0v) is 9.52. The van der Waals surface area contributed by atoms with Gasteiger partial charge in [0.1, 0.15) is 5.69 Å². The Morgan fingerprint density at radius 3 is 2.81 bits per heavy atom. The molecule has 0 unspecified atom stereocenters. The van der Waals surface area contributed by atoms with Crippen LogP contribution >= 0.6 is 0 Å². The zero-order chi connectivity index (χ0) is 11.5. The number of pyridine rings is 1. The van der Waals surface area contributed by atoms with Crippen molar-refractivity contribution < 1.29 is 4.79 Å². The third-order valence-corrected chi connectivity index (χ3v) is 3.04. The summed E-state index contributed by atoms with van der Waals surface area (Å²) >= 11 is 0. The van der Waals surface area contributed by atoms with Gasteiger partial charge in [-0.3, -0.25) is 9.78 Å². The van der Waals surface area contributed by atoms with E-state index in [1.54, 1.807) is 6.20 Å². The Bertz CT molecular complexity index is 384. The number of amides is 1. The maximum atomic E-state index is 12.1. The smallest absolute Gasteiger partial charge is 0.272 e. The summed E-state index contributed by atoms with van der Waals surface area (Å²) in [6.45, 7) is 3.40. The van der Waals surface area contributed by atoms with Gasteiger partial charge in [-0.15, -0.1) is 0 Å². The van der Waals surface area contributed by atoms with Crippen LogP contribution in [0.5, 0.6) is 0 Å². The lowest BCUT2D eigenvalue weighted by Gasteiger charge is -2.30. The van der Waals surface area contributed by atoms with E-state index in [0.29, 0.717) is 5.69 Å². The van der Waals surface area contributed by atoms with Crippen molar-refractivity contribution in [2.24, 2.45) is 5.73 Å². The average molecular weight is 219 g/mol. The van der Waals surface area contributed by atoms with Crippen molar-refractivity contribution in [3.8, 4) is 0 Å². The van der Waals surface area contributed by atoms with Gasteiger partial charge in [-0.05, 0) is 31.4 Å². The Balaban J connectivity index is 2.11. The minimum atomic E-state index is 0.0324. The maximum Gasteiger partial charge on any atom is 0.272 e. The summed E-state index contributed by atoms with van der Waals surface area (Å²) in [5.74, 6) is 0.0324. The first-order valence-electron chi connectivity index (χ1n) is 5.65. The number of carbonyl (C=O) groups is 1. The number of carbonyl (C=O) groups excluding carboxylic acids is 1. The fourth-order valence-electron chi connectivity index (χ4n) is 1.96. The van der Waals surface area contributed by atoms with Crippen LogP contribution in [0.3, 0.4) is 0 Å². The highest BCUT2D eigenvalue weighted by molar-refractivity contribution is 5.93. The second-order valence-corrected chi connectivity index (χ2v) is 4.30. The van der Waals surface area contributed by atoms with Crippen LogP contribution in [0.1, 0.15) is 28.9 Å². The molecule has 1 amide bonds. The number of aromatic nitrogens is 1. The molecule has 1 aliphatic rings. The van der Waals surface area contributed by atoms with E-state index < -0.39 is 0 Å². The van der Waals surface area contributed by atoms with Gasteiger partial charge in [-0.2, -0.15) is 0 Å². The third kappa shape index (κ3) is 2.22. The number of hydrogen-bond donors (Lipinski definition) is 1. The van der Waals surface area contributed by atoms with Crippen LogP contribution in [0.4, 0.5) is 0 Å². The van der Waals surface area contributed by atoms with Crippen LogP contribution in [-0.4, -0.2) is 34.9 Å². The van der Waals surface area contributed by atoms with E-state index in [4.69, 9.17) is 5.73 Å². The van der Waals surface area contributed by atoms with E-state index in [1.165, 1.54) is 0 Å². The predicted molar refractivity (Wildman–Crippen MR) is 62.1 cm³/mol. The summed E-state index contributed by atoms with van der Waals surface area (Å²) < 4.78 is 0. The third-order valence-electron chi connectivity index (χ3n) is 3.04. The van der Waals surface area contributed by atoms with E-state index in [1.807, 2.05) is 24.0 Å². The number of piperidine rings is 1. The van der Waals surface area contributed by atoms with Gasteiger partial charge in [0.2, 0.25) is 0 Å². The highest BCUT2D eigenvalue weighted by Gasteiger charge is 2.23. The summed E-state index contributed by atoms with van der Waals surface area (Å²) in [4.78, 5) is 18.1. The zero-order valence-electron chi connectivity index (χ0n) is 9.52. The van der Waals surface area contributed by atoms with E-state index in [-0.39, 0.29) is 11.9 Å². The number of likely N-dealkylation sites (tertiary alicyclic amines) is 1. The molecule has 0 aliphatic carbocycles. The molecule has 1 aliphatic heterocycles. The SMILES string of the molecule is Cc1cccnc1C(=O)N1CCC(N)CC1. The molecule has 0 saturated carbocycles. The molecule has 2 N–H and O–H groups in total. The standard InChI is InChI=1S/C12H17N3O/c1-9-3-2-6-14-11(9)12(16)15-7-4-10(13)5-8-15/h2-3,6,10H,4-5,7-8,13H2,1H3. The van der Waals surface area contributed by atoms with Gasteiger partial charge < -0.3 is 10.6 Å². The van der Waals surface area contributed by atoms with Gasteiger partial charge in [0, 0.05) is 25.3 Å². The molecule has 0 spiro atoms. The van der Waals surface area contributed by atoms with Crippen molar-refractivity contribution in [3.05, 3.63) is 29.6 Å². The Hall–Kier alpha value is -1.42. The van der Waals surface area contributed by atoms with Crippen molar-refractivity contribution >= 4 is 5.91 Å². The minimum absolute atomic E-state index is 0.0324. The Kier molecular flexibility index (Phi) is 3.19. The van der Waals surface area contributed by atoms with Crippen LogP contribution in [0.2, 0.25) is 0 Å². The lowest BCUT2D eigenvalue weighted by molar-refractivity contribution is 0.0708. The molecule has 2 rings (SSSR count). The first kappa shape index (κ1) is 11.1. The summed E-state index contributed by atoms with van der Waals surface area (Å²) in [6.07, 6.45) is 3.44. The van der Waals surface area contributed by atoms with Gasteiger partial charge >= 0.3 is 0 Å². The van der Waals surface area contributed by atoms with E-state index >= 15 is 0 Å². The van der Waals surface area contributed by atoms with E-state index in [0.717, 1.165) is 31.5 Å². The molecule has 1 fully saturated rings. The van der Waals surface area contributed by atoms with Gasteiger partial charge in [0.15, 0.2) is 0 Å². The lowest BCUT2D eigenvalue weighted by Crippen LogP contribution is -2.43. The molecule has 0 aromatic carbocycles. The molecule has 16 heavy (non-hydrogen) atoms. The lowest BCUT2D eigenvalue weighted by atomic mass is 10.1. The van der Waals surface area contributed by atoms with Crippen LogP contribution in [0, 0.1) is 6.92 Å². The molecule has 4 heteroatoms. The summed E-state index contributed by atoms with van der Waals surface area (Å²) in [5.41, 5.74) is 7.31. The van der Waals surface area contributed by atoms with Crippen LogP contribution < -0.4 is 5.73 Å². The molecule has 0 radical (unpaired) electrons. The van der Waals surface area contributed by atoms with E-state index in [2.05, 4.69) is 4.98 Å². The van der Waals surface area contributed by atoms with E-state index in [9.17, 15) is 4.79 Å². The molecule has 2 heterocycles. The molecule has 1 aromatic rings. The Morgan fingerprint density at radius 1 is 1.50 bits per heavy atom. The quantitative estimate of drug-likeness (QED) is 0.765. The van der Waals surface area contributed by atoms with Crippen molar-refractivity contribution in [2.45, 2.75) is 25.8 Å². The average Bonchev–Trinajstić information content (AvgIpc) is 2.30. The number of nitrogens with two attached hydrogens (primary N) is 1. The predicted octanol–water partition coefficient (Wildman–Crippen LogP) is 0.953. The monoisotopic (exact) mass is 219 g/mol. The van der Waals surface area contributed by atoms with Gasteiger partial charge in [0.25, 0.3) is 5.91 Å². The molecule has 86 valence electrons. The fraction of sp³-hybridized carbons (Fsp3) is 0.500. The minimum Gasteiger partial charge on any atom is -0.337 e. The second kappa shape index (κ2) is 4.61. The fourth-order valence-corrected chi connectivity index (χ4v) is 1.96. The molecule has 4 nitrogen and oxygen atoms in total. The number of aryl methyl sites for hydroxylation is 1. The van der Waals surface area contributed by atoms with Crippen LogP contribution in [-0.2, 0) is 0 Å². The number of rotatable bonds is 1. The topological polar surface area (TPSA) is 59.2 Å². The van der Waals surface area contributed by atoms with Crippen LogP contribution in [0.15, 0.2) is 18.3 Å². The number of hydrogen-bond acceptors (Lipinski definition) is 3. The molecule has 1 saturated heterocycles. The van der Waals surface area contributed by atoms with Gasteiger partial charge in [-0.1, -0.05) is 6.07 Å². The molecular weight excluding hydrogens is 202 g/mol. The van der Waals surface area contributed by atoms with Crippen molar-refractivity contribution in [2.75, 3.05) is 13.1 Å².